The standard InChI is InChI=1S/C18H17N3O2/c1-13-7-10-15(11-8-13)19-17(22)18-21-20-16(23-18)12-9-14-5-3-2-4-6-14/h2-8,10-11H,9,12H2,1H3,(H,19,22). The lowest BCUT2D eigenvalue weighted by Crippen LogP contribution is -2.12. The van der Waals surface area contributed by atoms with Crippen LogP contribution in [-0.2, 0) is 12.8 Å². The molecular weight excluding hydrogens is 290 g/mol. The minimum atomic E-state index is -0.396. The van der Waals surface area contributed by atoms with Crippen LogP contribution in [0.3, 0.4) is 0 Å². The van der Waals surface area contributed by atoms with Crippen molar-refractivity contribution >= 4 is 11.6 Å². The first kappa shape index (κ1) is 15.0. The van der Waals surface area contributed by atoms with Crippen molar-refractivity contribution in [3.63, 3.8) is 0 Å². The highest BCUT2D eigenvalue weighted by Gasteiger charge is 2.15. The van der Waals surface area contributed by atoms with E-state index in [0.717, 1.165) is 12.0 Å². The van der Waals surface area contributed by atoms with Crippen LogP contribution in [0.4, 0.5) is 5.69 Å². The quantitative estimate of drug-likeness (QED) is 0.784. The van der Waals surface area contributed by atoms with Crippen molar-refractivity contribution in [2.45, 2.75) is 19.8 Å². The van der Waals surface area contributed by atoms with Gasteiger partial charge in [-0.15, -0.1) is 10.2 Å². The van der Waals surface area contributed by atoms with Gasteiger partial charge in [-0.05, 0) is 31.0 Å². The molecule has 1 amide bonds. The van der Waals surface area contributed by atoms with Crippen molar-refractivity contribution in [2.75, 3.05) is 5.32 Å². The van der Waals surface area contributed by atoms with Gasteiger partial charge in [-0.2, -0.15) is 0 Å². The van der Waals surface area contributed by atoms with Gasteiger partial charge >= 0.3 is 11.8 Å². The molecule has 1 aromatic heterocycles. The zero-order valence-electron chi connectivity index (χ0n) is 12.8. The van der Waals surface area contributed by atoms with Crippen molar-refractivity contribution in [2.24, 2.45) is 0 Å². The van der Waals surface area contributed by atoms with E-state index >= 15 is 0 Å². The van der Waals surface area contributed by atoms with E-state index in [0.29, 0.717) is 18.0 Å². The van der Waals surface area contributed by atoms with Gasteiger partial charge in [-0.3, -0.25) is 4.79 Å². The van der Waals surface area contributed by atoms with Crippen molar-refractivity contribution in [1.82, 2.24) is 10.2 Å². The molecule has 1 heterocycles. The van der Waals surface area contributed by atoms with Crippen molar-refractivity contribution in [1.29, 1.82) is 0 Å². The van der Waals surface area contributed by atoms with Crippen molar-refractivity contribution in [3.8, 4) is 0 Å². The SMILES string of the molecule is Cc1ccc(NC(=O)c2nnc(CCc3ccccc3)o2)cc1. The third kappa shape index (κ3) is 4.03. The Hall–Kier alpha value is -2.95. The topological polar surface area (TPSA) is 68.0 Å². The smallest absolute Gasteiger partial charge is 0.313 e. The first-order chi connectivity index (χ1) is 11.2. The molecule has 0 aliphatic carbocycles. The van der Waals surface area contributed by atoms with Crippen LogP contribution in [0.2, 0.25) is 0 Å². The van der Waals surface area contributed by atoms with Gasteiger partial charge < -0.3 is 9.73 Å². The second-order valence-electron chi connectivity index (χ2n) is 5.31. The average molecular weight is 307 g/mol. The Morgan fingerprint density at radius 1 is 1.00 bits per heavy atom. The lowest BCUT2D eigenvalue weighted by molar-refractivity contribution is 0.0988. The number of amides is 1. The maximum atomic E-state index is 12.1. The normalized spacial score (nSPS) is 10.5. The second-order valence-corrected chi connectivity index (χ2v) is 5.31. The number of anilines is 1. The minimum absolute atomic E-state index is 0.0198. The fourth-order valence-electron chi connectivity index (χ4n) is 2.16. The number of hydrogen-bond donors (Lipinski definition) is 1. The zero-order chi connectivity index (χ0) is 16.1. The summed E-state index contributed by atoms with van der Waals surface area (Å²) >= 11 is 0. The molecule has 0 spiro atoms. The van der Waals surface area contributed by atoms with Gasteiger partial charge in [0.15, 0.2) is 0 Å². The summed E-state index contributed by atoms with van der Waals surface area (Å²) in [5.74, 6) is 0.0452. The van der Waals surface area contributed by atoms with Crippen LogP contribution in [0.15, 0.2) is 59.0 Å². The number of aromatic nitrogens is 2. The largest absolute Gasteiger partial charge is 0.417 e. The Morgan fingerprint density at radius 2 is 1.74 bits per heavy atom. The van der Waals surface area contributed by atoms with Crippen LogP contribution in [0, 0.1) is 6.92 Å². The lowest BCUT2D eigenvalue weighted by Gasteiger charge is -2.02. The van der Waals surface area contributed by atoms with Gasteiger partial charge in [0, 0.05) is 12.1 Å². The first-order valence-corrected chi connectivity index (χ1v) is 7.45. The van der Waals surface area contributed by atoms with E-state index in [1.807, 2.05) is 61.5 Å². The molecule has 23 heavy (non-hydrogen) atoms. The van der Waals surface area contributed by atoms with Crippen LogP contribution in [-0.4, -0.2) is 16.1 Å². The predicted octanol–water partition coefficient (Wildman–Crippen LogP) is 3.42. The number of nitrogens with zero attached hydrogens (tertiary/aromatic N) is 2. The third-order valence-electron chi connectivity index (χ3n) is 3.44. The van der Waals surface area contributed by atoms with Crippen LogP contribution in [0.1, 0.15) is 27.7 Å². The van der Waals surface area contributed by atoms with Crippen LogP contribution >= 0.6 is 0 Å². The summed E-state index contributed by atoms with van der Waals surface area (Å²) in [6.07, 6.45) is 1.40. The Balaban J connectivity index is 1.59. The molecule has 0 bridgehead atoms. The summed E-state index contributed by atoms with van der Waals surface area (Å²) < 4.78 is 5.43. The molecule has 0 aliphatic heterocycles. The van der Waals surface area contributed by atoms with Crippen molar-refractivity contribution < 1.29 is 9.21 Å². The van der Waals surface area contributed by atoms with Crippen LogP contribution in [0.25, 0.3) is 0 Å². The molecule has 1 N–H and O–H groups in total. The minimum Gasteiger partial charge on any atom is -0.417 e. The number of benzene rings is 2. The number of aryl methyl sites for hydroxylation is 3. The number of rotatable bonds is 5. The molecule has 0 atom stereocenters. The predicted molar refractivity (Wildman–Crippen MR) is 87.3 cm³/mol. The van der Waals surface area contributed by atoms with E-state index in [1.165, 1.54) is 5.56 Å². The molecule has 0 saturated carbocycles. The highest BCUT2D eigenvalue weighted by Crippen LogP contribution is 2.11. The maximum Gasteiger partial charge on any atom is 0.313 e. The summed E-state index contributed by atoms with van der Waals surface area (Å²) in [5, 5.41) is 10.5. The maximum absolute atomic E-state index is 12.1. The Kier molecular flexibility index (Phi) is 4.47. The fourth-order valence-corrected chi connectivity index (χ4v) is 2.16. The summed E-state index contributed by atoms with van der Waals surface area (Å²) in [5.41, 5.74) is 3.02. The fraction of sp³-hybridized carbons (Fsp3) is 0.167. The Labute approximate surface area is 134 Å². The van der Waals surface area contributed by atoms with Gasteiger partial charge in [-0.1, -0.05) is 48.0 Å². The van der Waals surface area contributed by atoms with E-state index in [2.05, 4.69) is 15.5 Å². The highest BCUT2D eigenvalue weighted by molar-refractivity contribution is 6.00. The third-order valence-corrected chi connectivity index (χ3v) is 3.44. The van der Waals surface area contributed by atoms with Gasteiger partial charge in [0.2, 0.25) is 5.89 Å². The van der Waals surface area contributed by atoms with Gasteiger partial charge in [0.25, 0.3) is 0 Å². The molecule has 0 saturated heterocycles. The molecule has 5 nitrogen and oxygen atoms in total. The molecule has 0 unspecified atom stereocenters. The lowest BCUT2D eigenvalue weighted by atomic mass is 10.1. The van der Waals surface area contributed by atoms with Crippen molar-refractivity contribution in [3.05, 3.63) is 77.5 Å². The Morgan fingerprint density at radius 3 is 2.48 bits per heavy atom. The van der Waals surface area contributed by atoms with E-state index in [4.69, 9.17) is 4.42 Å². The van der Waals surface area contributed by atoms with E-state index in [1.54, 1.807) is 0 Å². The van der Waals surface area contributed by atoms with Crippen LogP contribution < -0.4 is 5.32 Å². The molecule has 5 heteroatoms. The van der Waals surface area contributed by atoms with E-state index in [-0.39, 0.29) is 5.89 Å². The number of carbonyl (C=O) groups is 1. The molecule has 0 radical (unpaired) electrons. The molecular formula is C18H17N3O2. The molecule has 0 fully saturated rings. The van der Waals surface area contributed by atoms with E-state index in [9.17, 15) is 4.79 Å². The zero-order valence-corrected chi connectivity index (χ0v) is 12.8. The molecule has 3 rings (SSSR count). The first-order valence-electron chi connectivity index (χ1n) is 7.45. The van der Waals surface area contributed by atoms with E-state index < -0.39 is 5.91 Å². The van der Waals surface area contributed by atoms with Gasteiger partial charge in [0.1, 0.15) is 0 Å². The highest BCUT2D eigenvalue weighted by atomic mass is 16.4. The molecule has 116 valence electrons. The number of hydrogen-bond acceptors (Lipinski definition) is 4. The van der Waals surface area contributed by atoms with Gasteiger partial charge in [0.05, 0.1) is 0 Å². The summed E-state index contributed by atoms with van der Waals surface area (Å²) in [6.45, 7) is 1.99. The molecule has 2 aromatic carbocycles. The number of nitrogens with one attached hydrogen (secondary N) is 1. The monoisotopic (exact) mass is 307 g/mol. The summed E-state index contributed by atoms with van der Waals surface area (Å²) in [6, 6.07) is 17.6. The number of carbonyl (C=O) groups excluding carboxylic acids is 1. The molecule has 3 aromatic rings. The summed E-state index contributed by atoms with van der Waals surface area (Å²) in [7, 11) is 0. The van der Waals surface area contributed by atoms with Crippen LogP contribution in [0.5, 0.6) is 0 Å². The Bertz CT molecular complexity index is 780. The van der Waals surface area contributed by atoms with Gasteiger partial charge in [-0.25, -0.2) is 0 Å². The molecule has 0 aliphatic rings. The average Bonchev–Trinajstić information content (AvgIpc) is 3.05. The summed E-state index contributed by atoms with van der Waals surface area (Å²) in [4.78, 5) is 12.1. The second kappa shape index (κ2) is 6.87.